The maximum Gasteiger partial charge on any atom is 0.0410 e. The van der Waals surface area contributed by atoms with Gasteiger partial charge in [-0.25, -0.2) is 0 Å². The molecule has 1 aliphatic heterocycles. The lowest BCUT2D eigenvalue weighted by Crippen LogP contribution is -2.12. The number of rotatable bonds is 1. The van der Waals surface area contributed by atoms with Gasteiger partial charge in [-0.05, 0) is 46.9 Å². The summed E-state index contributed by atoms with van der Waals surface area (Å²) in [5.74, 6) is 0. The minimum absolute atomic E-state index is 0. The summed E-state index contributed by atoms with van der Waals surface area (Å²) in [7, 11) is 0. The Bertz CT molecular complexity index is 274. The first-order valence-corrected chi connectivity index (χ1v) is 4.99. The highest BCUT2D eigenvalue weighted by atomic mass is 79.9. The van der Waals surface area contributed by atoms with E-state index >= 15 is 0 Å². The van der Waals surface area contributed by atoms with E-state index in [0.29, 0.717) is 6.04 Å². The van der Waals surface area contributed by atoms with Gasteiger partial charge in [0.25, 0.3) is 0 Å². The van der Waals surface area contributed by atoms with Crippen molar-refractivity contribution in [2.24, 2.45) is 0 Å². The van der Waals surface area contributed by atoms with E-state index in [1.807, 2.05) is 12.4 Å². The van der Waals surface area contributed by atoms with Crippen LogP contribution in [0.25, 0.3) is 0 Å². The monoisotopic (exact) mass is 262 g/mol. The van der Waals surface area contributed by atoms with Gasteiger partial charge in [0.2, 0.25) is 0 Å². The Hall–Kier alpha value is -0.120. The molecule has 1 aromatic heterocycles. The molecule has 0 radical (unpaired) electrons. The van der Waals surface area contributed by atoms with E-state index in [0.717, 1.165) is 11.0 Å². The Kier molecular flexibility index (Phi) is 4.16. The van der Waals surface area contributed by atoms with Crippen molar-refractivity contribution in [3.05, 3.63) is 28.5 Å². The standard InChI is InChI=1S/C9H11BrN2.ClH/c10-8-4-7(5-11-6-8)9-2-1-3-12-9;/h4-6,9,12H,1-3H2;1H/t9-;/m1./s1. The van der Waals surface area contributed by atoms with Crippen molar-refractivity contribution in [1.29, 1.82) is 0 Å². The van der Waals surface area contributed by atoms with Gasteiger partial charge in [0.05, 0.1) is 0 Å². The zero-order chi connectivity index (χ0) is 8.39. The van der Waals surface area contributed by atoms with Crippen LogP contribution in [-0.4, -0.2) is 11.5 Å². The fraction of sp³-hybridized carbons (Fsp3) is 0.444. The number of halogens is 2. The number of hydrogen-bond acceptors (Lipinski definition) is 2. The van der Waals surface area contributed by atoms with Crippen molar-refractivity contribution < 1.29 is 0 Å². The first-order chi connectivity index (χ1) is 5.86. The van der Waals surface area contributed by atoms with Crippen LogP contribution in [0.1, 0.15) is 24.4 Å². The molecule has 1 atom stereocenters. The molecule has 2 nitrogen and oxygen atoms in total. The molecule has 1 aromatic rings. The van der Waals surface area contributed by atoms with Crippen molar-refractivity contribution >= 4 is 28.3 Å². The zero-order valence-electron chi connectivity index (χ0n) is 7.16. The van der Waals surface area contributed by atoms with Crippen LogP contribution in [0, 0.1) is 0 Å². The van der Waals surface area contributed by atoms with Gasteiger partial charge in [-0.2, -0.15) is 0 Å². The number of pyridine rings is 1. The molecule has 0 saturated carbocycles. The van der Waals surface area contributed by atoms with Crippen LogP contribution < -0.4 is 5.32 Å². The molecular weight excluding hydrogens is 251 g/mol. The molecule has 2 heterocycles. The van der Waals surface area contributed by atoms with Gasteiger partial charge in [0.1, 0.15) is 0 Å². The largest absolute Gasteiger partial charge is 0.310 e. The summed E-state index contributed by atoms with van der Waals surface area (Å²) in [5.41, 5.74) is 1.29. The van der Waals surface area contributed by atoms with Gasteiger partial charge in [-0.1, -0.05) is 0 Å². The minimum Gasteiger partial charge on any atom is -0.310 e. The van der Waals surface area contributed by atoms with E-state index in [2.05, 4.69) is 32.3 Å². The predicted octanol–water partition coefficient (Wildman–Crippen LogP) is 2.69. The summed E-state index contributed by atoms with van der Waals surface area (Å²) in [6, 6.07) is 2.66. The van der Waals surface area contributed by atoms with Gasteiger partial charge in [-0.15, -0.1) is 12.4 Å². The average Bonchev–Trinajstić information content (AvgIpc) is 2.56. The molecule has 0 aromatic carbocycles. The SMILES string of the molecule is Brc1cncc([C@H]2CCCN2)c1.Cl. The smallest absolute Gasteiger partial charge is 0.0410 e. The molecule has 0 amide bonds. The topological polar surface area (TPSA) is 24.9 Å². The maximum atomic E-state index is 4.14. The lowest BCUT2D eigenvalue weighted by atomic mass is 10.1. The highest BCUT2D eigenvalue weighted by molar-refractivity contribution is 9.10. The van der Waals surface area contributed by atoms with Crippen LogP contribution in [0.2, 0.25) is 0 Å². The van der Waals surface area contributed by atoms with Crippen molar-refractivity contribution in [3.63, 3.8) is 0 Å². The van der Waals surface area contributed by atoms with Gasteiger partial charge < -0.3 is 5.32 Å². The third-order valence-electron chi connectivity index (χ3n) is 2.19. The van der Waals surface area contributed by atoms with Crippen LogP contribution >= 0.6 is 28.3 Å². The number of nitrogens with one attached hydrogen (secondary N) is 1. The fourth-order valence-corrected chi connectivity index (χ4v) is 1.97. The average molecular weight is 264 g/mol. The summed E-state index contributed by atoms with van der Waals surface area (Å²) in [6.07, 6.45) is 6.27. The lowest BCUT2D eigenvalue weighted by molar-refractivity contribution is 0.644. The second-order valence-corrected chi connectivity index (χ2v) is 4.00. The Balaban J connectivity index is 0.000000845. The third-order valence-corrected chi connectivity index (χ3v) is 2.62. The summed E-state index contributed by atoms with van der Waals surface area (Å²) >= 11 is 3.42. The van der Waals surface area contributed by atoms with Crippen LogP contribution in [0.15, 0.2) is 22.9 Å². The Morgan fingerprint density at radius 2 is 2.31 bits per heavy atom. The fourth-order valence-electron chi connectivity index (χ4n) is 1.59. The van der Waals surface area contributed by atoms with Crippen molar-refractivity contribution in [1.82, 2.24) is 10.3 Å². The maximum absolute atomic E-state index is 4.14. The summed E-state index contributed by atoms with van der Waals surface area (Å²) in [6.45, 7) is 1.14. The zero-order valence-corrected chi connectivity index (χ0v) is 9.57. The molecule has 4 heteroatoms. The van der Waals surface area contributed by atoms with E-state index in [1.165, 1.54) is 18.4 Å². The molecule has 0 unspecified atom stereocenters. The predicted molar refractivity (Wildman–Crippen MR) is 59.2 cm³/mol. The first kappa shape index (κ1) is 11.0. The third kappa shape index (κ3) is 2.66. The minimum atomic E-state index is 0. The first-order valence-electron chi connectivity index (χ1n) is 4.20. The molecule has 0 bridgehead atoms. The highest BCUT2D eigenvalue weighted by Crippen LogP contribution is 2.23. The quantitative estimate of drug-likeness (QED) is 0.843. The van der Waals surface area contributed by atoms with Gasteiger partial charge in [0.15, 0.2) is 0 Å². The summed E-state index contributed by atoms with van der Waals surface area (Å²) in [5, 5.41) is 3.44. The van der Waals surface area contributed by atoms with Gasteiger partial charge in [0, 0.05) is 22.9 Å². The molecule has 2 rings (SSSR count). The number of hydrogen-bond donors (Lipinski definition) is 1. The van der Waals surface area contributed by atoms with Crippen LogP contribution in [0.5, 0.6) is 0 Å². The van der Waals surface area contributed by atoms with E-state index < -0.39 is 0 Å². The van der Waals surface area contributed by atoms with E-state index in [9.17, 15) is 0 Å². The molecule has 0 aliphatic carbocycles. The molecule has 1 aliphatic rings. The van der Waals surface area contributed by atoms with Gasteiger partial charge in [-0.3, -0.25) is 4.98 Å². The van der Waals surface area contributed by atoms with Crippen LogP contribution in [0.4, 0.5) is 0 Å². The van der Waals surface area contributed by atoms with Gasteiger partial charge >= 0.3 is 0 Å². The van der Waals surface area contributed by atoms with E-state index in [4.69, 9.17) is 0 Å². The Morgan fingerprint density at radius 3 is 2.92 bits per heavy atom. The number of aromatic nitrogens is 1. The van der Waals surface area contributed by atoms with Crippen LogP contribution in [0.3, 0.4) is 0 Å². The Labute approximate surface area is 92.7 Å². The van der Waals surface area contributed by atoms with Crippen LogP contribution in [-0.2, 0) is 0 Å². The molecule has 1 fully saturated rings. The molecule has 0 spiro atoms. The molecule has 72 valence electrons. The van der Waals surface area contributed by atoms with Crippen molar-refractivity contribution in [3.8, 4) is 0 Å². The van der Waals surface area contributed by atoms with Crippen molar-refractivity contribution in [2.45, 2.75) is 18.9 Å². The molecule has 1 saturated heterocycles. The van der Waals surface area contributed by atoms with E-state index in [-0.39, 0.29) is 12.4 Å². The second-order valence-electron chi connectivity index (χ2n) is 3.09. The van der Waals surface area contributed by atoms with Crippen molar-refractivity contribution in [2.75, 3.05) is 6.54 Å². The lowest BCUT2D eigenvalue weighted by Gasteiger charge is -2.09. The van der Waals surface area contributed by atoms with E-state index in [1.54, 1.807) is 0 Å². The molecule has 1 N–H and O–H groups in total. The Morgan fingerprint density at radius 1 is 1.46 bits per heavy atom. The molecule has 13 heavy (non-hydrogen) atoms. The number of nitrogens with zero attached hydrogens (tertiary/aromatic N) is 1. The summed E-state index contributed by atoms with van der Waals surface area (Å²) < 4.78 is 1.06. The second kappa shape index (κ2) is 4.94. The molecular formula is C9H12BrClN2. The normalized spacial score (nSPS) is 21.2. The highest BCUT2D eigenvalue weighted by Gasteiger charge is 2.15. The summed E-state index contributed by atoms with van der Waals surface area (Å²) in [4.78, 5) is 4.14.